The number of thioether (sulfide) groups is 1. The highest BCUT2D eigenvalue weighted by molar-refractivity contribution is 8.14. The van der Waals surface area contributed by atoms with Crippen LogP contribution in [-0.2, 0) is 6.42 Å². The molecule has 1 aliphatic heterocycles. The summed E-state index contributed by atoms with van der Waals surface area (Å²) < 4.78 is 0. The van der Waals surface area contributed by atoms with Gasteiger partial charge in [0.15, 0.2) is 0 Å². The van der Waals surface area contributed by atoms with Crippen LogP contribution in [0.4, 0.5) is 0 Å². The molecule has 1 aliphatic rings. The minimum atomic E-state index is 0.0777. The van der Waals surface area contributed by atoms with Crippen LogP contribution in [-0.4, -0.2) is 26.4 Å². The number of benzene rings is 1. The number of fused-ring (bicyclic) bond motifs is 1. The Morgan fingerprint density at radius 3 is 2.52 bits per heavy atom. The average Bonchev–Trinajstić information content (AvgIpc) is 2.57. The van der Waals surface area contributed by atoms with Crippen molar-refractivity contribution in [3.8, 4) is 6.07 Å². The molecule has 0 amide bonds. The van der Waals surface area contributed by atoms with Crippen LogP contribution in [0.25, 0.3) is 10.9 Å². The van der Waals surface area contributed by atoms with Crippen molar-refractivity contribution >= 4 is 27.7 Å². The van der Waals surface area contributed by atoms with Gasteiger partial charge in [-0.05, 0) is 76.8 Å². The van der Waals surface area contributed by atoms with E-state index >= 15 is 0 Å². The predicted octanol–water partition coefficient (Wildman–Crippen LogP) is 5.04. The summed E-state index contributed by atoms with van der Waals surface area (Å²) in [4.78, 5) is 4.41. The topological polar surface area (TPSA) is 72.6 Å². The van der Waals surface area contributed by atoms with Crippen molar-refractivity contribution < 1.29 is 0 Å². The molecule has 5 heteroatoms. The van der Waals surface area contributed by atoms with Crippen molar-refractivity contribution in [1.82, 2.24) is 10.3 Å². The van der Waals surface area contributed by atoms with E-state index in [4.69, 9.17) is 10.7 Å². The molecule has 1 saturated heterocycles. The number of hydrogen-bond donors (Lipinski definition) is 2. The Balaban J connectivity index is 1.90. The van der Waals surface area contributed by atoms with Gasteiger partial charge in [0.25, 0.3) is 0 Å². The molecule has 3 rings (SSSR count). The van der Waals surface area contributed by atoms with Gasteiger partial charge in [0.2, 0.25) is 0 Å². The molecule has 1 aromatic carbocycles. The number of pyridine rings is 1. The summed E-state index contributed by atoms with van der Waals surface area (Å²) in [5.74, 6) is 0. The molecular formula is C22H28N4S. The quantitative estimate of drug-likeness (QED) is 0.578. The van der Waals surface area contributed by atoms with E-state index in [1.54, 1.807) is 17.8 Å². The molecule has 2 heterocycles. The van der Waals surface area contributed by atoms with Crippen LogP contribution < -0.4 is 5.32 Å². The van der Waals surface area contributed by atoms with Crippen LogP contribution >= 0.6 is 11.8 Å². The molecule has 2 N–H and O–H groups in total. The summed E-state index contributed by atoms with van der Waals surface area (Å²) in [5.41, 5.74) is 3.53. The molecule has 0 saturated carbocycles. The van der Waals surface area contributed by atoms with Crippen molar-refractivity contribution in [2.75, 3.05) is 0 Å². The van der Waals surface area contributed by atoms with Crippen molar-refractivity contribution in [3.05, 3.63) is 41.1 Å². The molecule has 27 heavy (non-hydrogen) atoms. The monoisotopic (exact) mass is 380 g/mol. The normalized spacial score (nSPS) is 19.0. The van der Waals surface area contributed by atoms with Crippen LogP contribution in [0.1, 0.15) is 64.3 Å². The van der Waals surface area contributed by atoms with Crippen LogP contribution in [0.2, 0.25) is 0 Å². The number of piperidine rings is 1. The lowest BCUT2D eigenvalue weighted by Gasteiger charge is -2.46. The van der Waals surface area contributed by atoms with Crippen LogP contribution in [0.15, 0.2) is 24.3 Å². The third-order valence-electron chi connectivity index (χ3n) is 5.09. The number of nitrogens with zero attached hydrogens (tertiary/aromatic N) is 2. The first kappa shape index (κ1) is 19.9. The molecule has 0 bridgehead atoms. The molecule has 142 valence electrons. The summed E-state index contributed by atoms with van der Waals surface area (Å²) in [5, 5.41) is 23.6. The Bertz CT molecular complexity index is 908. The first-order valence-corrected chi connectivity index (χ1v) is 10.4. The van der Waals surface area contributed by atoms with Crippen molar-refractivity contribution in [3.63, 3.8) is 0 Å². The summed E-state index contributed by atoms with van der Waals surface area (Å²) >= 11 is 1.69. The summed E-state index contributed by atoms with van der Waals surface area (Å²) in [7, 11) is 0. The van der Waals surface area contributed by atoms with E-state index in [1.807, 2.05) is 12.1 Å². The molecule has 0 atom stereocenters. The van der Waals surface area contributed by atoms with Crippen LogP contribution in [0.5, 0.6) is 0 Å². The standard InChI is InChI=1S/C22H28N4S/c1-6-14-10-19-15(7-8-16(13-23)25-19)9-18(14)20(24)27-17-11-21(2,3)26-22(4,5)12-17/h7-10,17,24,26H,6,11-12H2,1-5H3. The largest absolute Gasteiger partial charge is 0.307 e. The SMILES string of the molecule is CCc1cc2nc(C#N)ccc2cc1C(=N)SC1CC(C)(C)NC(C)(C)C1. The Hall–Kier alpha value is -1.90. The maximum Gasteiger partial charge on any atom is 0.141 e. The molecule has 1 fully saturated rings. The zero-order chi connectivity index (χ0) is 19.8. The Kier molecular flexibility index (Phi) is 5.33. The number of hydrogen-bond acceptors (Lipinski definition) is 5. The van der Waals surface area contributed by atoms with Crippen molar-refractivity contribution in [2.24, 2.45) is 0 Å². The van der Waals surface area contributed by atoms with Gasteiger partial charge in [-0.3, -0.25) is 5.41 Å². The third kappa shape index (κ3) is 4.51. The lowest BCUT2D eigenvalue weighted by molar-refractivity contribution is 0.189. The maximum absolute atomic E-state index is 9.08. The lowest BCUT2D eigenvalue weighted by atomic mass is 9.82. The third-order valence-corrected chi connectivity index (χ3v) is 6.21. The second-order valence-corrected chi connectivity index (χ2v) is 10.0. The fraction of sp³-hybridized carbons (Fsp3) is 0.500. The highest BCUT2D eigenvalue weighted by Gasteiger charge is 2.38. The van der Waals surface area contributed by atoms with Crippen LogP contribution in [0, 0.1) is 16.7 Å². The van der Waals surface area contributed by atoms with Crippen LogP contribution in [0.3, 0.4) is 0 Å². The Morgan fingerprint density at radius 2 is 1.93 bits per heavy atom. The van der Waals surface area contributed by atoms with E-state index in [2.05, 4.69) is 57.1 Å². The van der Waals surface area contributed by atoms with Gasteiger partial charge in [0.1, 0.15) is 11.8 Å². The van der Waals surface area contributed by atoms with Gasteiger partial charge in [0.05, 0.1) is 10.6 Å². The predicted molar refractivity (Wildman–Crippen MR) is 115 cm³/mol. The van der Waals surface area contributed by atoms with E-state index in [0.717, 1.165) is 41.3 Å². The number of aryl methyl sites for hydroxylation is 1. The molecule has 4 nitrogen and oxygen atoms in total. The summed E-state index contributed by atoms with van der Waals surface area (Å²) in [6.45, 7) is 11.1. The van der Waals surface area contributed by atoms with Gasteiger partial charge in [-0.2, -0.15) is 5.26 Å². The van der Waals surface area contributed by atoms with E-state index in [0.29, 0.717) is 16.0 Å². The van der Waals surface area contributed by atoms with E-state index in [-0.39, 0.29) is 11.1 Å². The molecule has 0 unspecified atom stereocenters. The van der Waals surface area contributed by atoms with Gasteiger partial charge in [0, 0.05) is 27.3 Å². The first-order chi connectivity index (χ1) is 12.6. The zero-order valence-corrected chi connectivity index (χ0v) is 17.6. The van der Waals surface area contributed by atoms with E-state index in [1.165, 1.54) is 0 Å². The number of aromatic nitrogens is 1. The second-order valence-electron chi connectivity index (χ2n) is 8.73. The van der Waals surface area contributed by atoms with Gasteiger partial charge in [-0.15, -0.1) is 11.8 Å². The minimum absolute atomic E-state index is 0.0777. The molecule has 1 aromatic heterocycles. The van der Waals surface area contributed by atoms with Gasteiger partial charge in [-0.25, -0.2) is 4.98 Å². The fourth-order valence-electron chi connectivity index (χ4n) is 4.32. The van der Waals surface area contributed by atoms with E-state index in [9.17, 15) is 0 Å². The van der Waals surface area contributed by atoms with Gasteiger partial charge in [-0.1, -0.05) is 6.92 Å². The van der Waals surface area contributed by atoms with Gasteiger partial charge >= 0.3 is 0 Å². The highest BCUT2D eigenvalue weighted by Crippen LogP contribution is 2.37. The van der Waals surface area contributed by atoms with Crippen molar-refractivity contribution in [2.45, 2.75) is 70.2 Å². The zero-order valence-electron chi connectivity index (χ0n) is 16.8. The Morgan fingerprint density at radius 1 is 1.26 bits per heavy atom. The summed E-state index contributed by atoms with van der Waals surface area (Å²) in [6, 6.07) is 9.87. The average molecular weight is 381 g/mol. The first-order valence-electron chi connectivity index (χ1n) is 9.51. The Labute approximate surface area is 166 Å². The second kappa shape index (κ2) is 7.26. The highest BCUT2D eigenvalue weighted by atomic mass is 32.2. The van der Waals surface area contributed by atoms with E-state index < -0.39 is 0 Å². The van der Waals surface area contributed by atoms with Crippen molar-refractivity contribution in [1.29, 1.82) is 10.7 Å². The lowest BCUT2D eigenvalue weighted by Crippen LogP contribution is -2.58. The fourth-order valence-corrected chi connectivity index (χ4v) is 5.97. The molecule has 0 spiro atoms. The number of nitrogens with one attached hydrogen (secondary N) is 2. The molecular weight excluding hydrogens is 352 g/mol. The maximum atomic E-state index is 9.08. The molecule has 0 radical (unpaired) electrons. The molecule has 2 aromatic rings. The molecule has 0 aliphatic carbocycles. The number of rotatable bonds is 3. The number of nitriles is 1. The van der Waals surface area contributed by atoms with Gasteiger partial charge < -0.3 is 5.32 Å². The smallest absolute Gasteiger partial charge is 0.141 e. The summed E-state index contributed by atoms with van der Waals surface area (Å²) in [6.07, 6.45) is 2.94. The minimum Gasteiger partial charge on any atom is -0.307 e.